The van der Waals surface area contributed by atoms with Crippen LogP contribution in [0.2, 0.25) is 0 Å². The number of fused-ring (bicyclic) bond motifs is 1. The van der Waals surface area contributed by atoms with Gasteiger partial charge in [0.1, 0.15) is 0 Å². The molecule has 0 atom stereocenters. The van der Waals surface area contributed by atoms with E-state index in [9.17, 15) is 4.79 Å². The fraction of sp³-hybridized carbons (Fsp3) is 0.111. The molecule has 0 aliphatic heterocycles. The van der Waals surface area contributed by atoms with Gasteiger partial charge in [0.15, 0.2) is 0 Å². The van der Waals surface area contributed by atoms with E-state index in [0.717, 1.165) is 27.5 Å². The first-order valence-corrected chi connectivity index (χ1v) is 8.15. The Labute approximate surface area is 142 Å². The minimum Gasteiger partial charge on any atom is -0.347 e. The van der Waals surface area contributed by atoms with Gasteiger partial charge in [0.2, 0.25) is 0 Å². The number of amides is 1. The van der Waals surface area contributed by atoms with Crippen LogP contribution in [0, 0.1) is 0 Å². The predicted octanol–water partition coefficient (Wildman–Crippen LogP) is 4.19. The number of hydrazone groups is 1. The van der Waals surface area contributed by atoms with Gasteiger partial charge in [0.25, 0.3) is 5.91 Å². The Morgan fingerprint density at radius 1 is 1.22 bits per heavy atom. The van der Waals surface area contributed by atoms with Crippen molar-refractivity contribution < 1.29 is 4.79 Å². The Balaban J connectivity index is 1.78. The third-order valence-corrected chi connectivity index (χ3v) is 4.16. The number of aromatic nitrogens is 1. The Hall–Kier alpha value is -2.40. The topological polar surface area (TPSA) is 46.4 Å². The van der Waals surface area contributed by atoms with E-state index < -0.39 is 0 Å². The Kier molecular flexibility index (Phi) is 4.57. The first-order chi connectivity index (χ1) is 11.2. The smallest absolute Gasteiger partial charge is 0.271 e. The number of nitrogens with one attached hydrogen (secondary N) is 1. The van der Waals surface area contributed by atoms with Gasteiger partial charge < -0.3 is 4.57 Å². The number of rotatable bonds is 4. The summed E-state index contributed by atoms with van der Waals surface area (Å²) in [7, 11) is 0. The lowest BCUT2D eigenvalue weighted by Crippen LogP contribution is -2.17. The van der Waals surface area contributed by atoms with Crippen molar-refractivity contribution in [3.63, 3.8) is 0 Å². The Morgan fingerprint density at radius 2 is 1.96 bits per heavy atom. The van der Waals surface area contributed by atoms with E-state index in [1.165, 1.54) is 0 Å². The molecule has 3 aromatic rings. The molecule has 4 nitrogen and oxygen atoms in total. The molecule has 1 aromatic heterocycles. The maximum absolute atomic E-state index is 12.0. The van der Waals surface area contributed by atoms with Crippen LogP contribution < -0.4 is 5.43 Å². The number of aryl methyl sites for hydroxylation is 1. The van der Waals surface area contributed by atoms with Crippen LogP contribution in [0.3, 0.4) is 0 Å². The fourth-order valence-electron chi connectivity index (χ4n) is 2.47. The SMILES string of the molecule is CCn1cc(/C=N\NC(=O)c2ccc(Br)cc2)c2ccccc21. The standard InChI is InChI=1S/C18H16BrN3O/c1-2-22-12-14(16-5-3-4-6-17(16)22)11-20-21-18(23)13-7-9-15(19)10-8-13/h3-12H,2H2,1H3,(H,21,23)/b20-11-. The van der Waals surface area contributed by atoms with Gasteiger partial charge in [-0.1, -0.05) is 34.1 Å². The highest BCUT2D eigenvalue weighted by molar-refractivity contribution is 9.10. The third-order valence-electron chi connectivity index (χ3n) is 3.64. The van der Waals surface area contributed by atoms with Crippen molar-refractivity contribution in [2.45, 2.75) is 13.5 Å². The van der Waals surface area contributed by atoms with Crippen LogP contribution in [0.5, 0.6) is 0 Å². The number of benzene rings is 2. The van der Waals surface area contributed by atoms with Crippen LogP contribution >= 0.6 is 15.9 Å². The minimum atomic E-state index is -0.229. The second kappa shape index (κ2) is 6.79. The average Bonchev–Trinajstić information content (AvgIpc) is 2.94. The highest BCUT2D eigenvalue weighted by Gasteiger charge is 2.06. The van der Waals surface area contributed by atoms with Gasteiger partial charge in [-0.25, -0.2) is 5.43 Å². The van der Waals surface area contributed by atoms with Gasteiger partial charge in [-0.2, -0.15) is 5.10 Å². The number of nitrogens with zero attached hydrogens (tertiary/aromatic N) is 2. The molecular weight excluding hydrogens is 354 g/mol. The number of carbonyl (C=O) groups is 1. The van der Waals surface area contributed by atoms with E-state index >= 15 is 0 Å². The highest BCUT2D eigenvalue weighted by Crippen LogP contribution is 2.19. The van der Waals surface area contributed by atoms with E-state index in [1.807, 2.05) is 30.5 Å². The molecule has 0 spiro atoms. The number of carbonyl (C=O) groups excluding carboxylic acids is 1. The van der Waals surface area contributed by atoms with Crippen LogP contribution in [0.4, 0.5) is 0 Å². The fourth-order valence-corrected chi connectivity index (χ4v) is 2.73. The summed E-state index contributed by atoms with van der Waals surface area (Å²) in [5, 5.41) is 5.21. The van der Waals surface area contributed by atoms with Gasteiger partial charge >= 0.3 is 0 Å². The maximum Gasteiger partial charge on any atom is 0.271 e. The first kappa shape index (κ1) is 15.5. The summed E-state index contributed by atoms with van der Waals surface area (Å²) in [6, 6.07) is 15.3. The molecule has 0 aliphatic rings. The third kappa shape index (κ3) is 3.35. The molecule has 3 rings (SSSR count). The second-order valence-corrected chi connectivity index (χ2v) is 6.01. The Morgan fingerprint density at radius 3 is 2.70 bits per heavy atom. The lowest BCUT2D eigenvalue weighted by atomic mass is 10.2. The largest absolute Gasteiger partial charge is 0.347 e. The second-order valence-electron chi connectivity index (χ2n) is 5.09. The molecule has 2 aromatic carbocycles. The van der Waals surface area contributed by atoms with Gasteiger partial charge in [-0.05, 0) is 37.3 Å². The lowest BCUT2D eigenvalue weighted by Gasteiger charge is -1.99. The Bertz CT molecular complexity index is 866. The molecule has 0 radical (unpaired) electrons. The highest BCUT2D eigenvalue weighted by atomic mass is 79.9. The summed E-state index contributed by atoms with van der Waals surface area (Å²) in [5.74, 6) is -0.229. The van der Waals surface area contributed by atoms with Crippen molar-refractivity contribution in [1.82, 2.24) is 9.99 Å². The molecule has 23 heavy (non-hydrogen) atoms. The summed E-state index contributed by atoms with van der Waals surface area (Å²) >= 11 is 3.35. The van der Waals surface area contributed by atoms with Crippen molar-refractivity contribution in [2.24, 2.45) is 5.10 Å². The van der Waals surface area contributed by atoms with E-state index in [4.69, 9.17) is 0 Å². The maximum atomic E-state index is 12.0. The van der Waals surface area contributed by atoms with Gasteiger partial charge in [-0.15, -0.1) is 0 Å². The zero-order valence-electron chi connectivity index (χ0n) is 12.7. The average molecular weight is 370 g/mol. The monoisotopic (exact) mass is 369 g/mol. The summed E-state index contributed by atoms with van der Waals surface area (Å²) in [6.45, 7) is 2.99. The van der Waals surface area contributed by atoms with Gasteiger partial charge in [0, 0.05) is 39.2 Å². The normalized spacial score (nSPS) is 11.2. The molecule has 0 fully saturated rings. The number of hydrogen-bond donors (Lipinski definition) is 1. The molecule has 5 heteroatoms. The van der Waals surface area contributed by atoms with Crippen molar-refractivity contribution in [1.29, 1.82) is 0 Å². The molecule has 0 saturated carbocycles. The quantitative estimate of drug-likeness (QED) is 0.543. The molecule has 0 bridgehead atoms. The van der Waals surface area contributed by atoms with E-state index in [1.54, 1.807) is 18.3 Å². The molecule has 1 amide bonds. The van der Waals surface area contributed by atoms with E-state index in [2.05, 4.69) is 50.1 Å². The number of hydrogen-bond acceptors (Lipinski definition) is 2. The summed E-state index contributed by atoms with van der Waals surface area (Å²) in [4.78, 5) is 12.0. The van der Waals surface area contributed by atoms with E-state index in [-0.39, 0.29) is 5.91 Å². The van der Waals surface area contributed by atoms with Crippen molar-refractivity contribution in [2.75, 3.05) is 0 Å². The zero-order valence-corrected chi connectivity index (χ0v) is 14.2. The minimum absolute atomic E-state index is 0.229. The molecule has 116 valence electrons. The van der Waals surface area contributed by atoms with Crippen LogP contribution in [0.25, 0.3) is 10.9 Å². The van der Waals surface area contributed by atoms with Crippen molar-refractivity contribution in [3.05, 3.63) is 70.3 Å². The van der Waals surface area contributed by atoms with Crippen molar-refractivity contribution in [3.8, 4) is 0 Å². The zero-order chi connectivity index (χ0) is 16.2. The van der Waals surface area contributed by atoms with Crippen molar-refractivity contribution >= 4 is 39.0 Å². The van der Waals surface area contributed by atoms with Gasteiger partial charge in [0.05, 0.1) is 6.21 Å². The molecule has 1 N–H and O–H groups in total. The molecule has 0 saturated heterocycles. The summed E-state index contributed by atoms with van der Waals surface area (Å²) in [5.41, 5.74) is 5.28. The lowest BCUT2D eigenvalue weighted by molar-refractivity contribution is 0.0955. The number of halogens is 1. The predicted molar refractivity (Wildman–Crippen MR) is 96.8 cm³/mol. The molecule has 0 aliphatic carbocycles. The molecule has 0 unspecified atom stereocenters. The van der Waals surface area contributed by atoms with Crippen LogP contribution in [-0.4, -0.2) is 16.7 Å². The molecule has 1 heterocycles. The summed E-state index contributed by atoms with van der Waals surface area (Å²) < 4.78 is 3.10. The van der Waals surface area contributed by atoms with Crippen LogP contribution in [0.15, 0.2) is 64.3 Å². The van der Waals surface area contributed by atoms with Gasteiger partial charge in [-0.3, -0.25) is 4.79 Å². The summed E-state index contributed by atoms with van der Waals surface area (Å²) in [6.07, 6.45) is 3.73. The van der Waals surface area contributed by atoms with E-state index in [0.29, 0.717) is 5.56 Å². The first-order valence-electron chi connectivity index (χ1n) is 7.36. The van der Waals surface area contributed by atoms with Crippen LogP contribution in [0.1, 0.15) is 22.8 Å². The van der Waals surface area contributed by atoms with Crippen LogP contribution in [-0.2, 0) is 6.54 Å². The number of para-hydroxylation sites is 1. The molecular formula is C18H16BrN3O.